The molecule has 6 heteroatoms. The Balaban J connectivity index is 1.79. The lowest BCUT2D eigenvalue weighted by Crippen LogP contribution is -2.00. The molecule has 1 N–H and O–H groups in total. The lowest BCUT2D eigenvalue weighted by atomic mass is 10.3. The molecule has 0 amide bonds. The maximum Gasteiger partial charge on any atom is 0.205 e. The molecule has 2 heterocycles. The SMILES string of the molecule is CCCNc1nnc(Cn2ncc3ccccc32)s1. The second kappa shape index (κ2) is 5.36. The van der Waals surface area contributed by atoms with Crippen molar-refractivity contribution in [2.24, 2.45) is 0 Å². The van der Waals surface area contributed by atoms with Gasteiger partial charge in [0.25, 0.3) is 0 Å². The van der Waals surface area contributed by atoms with Crippen LogP contribution in [0.25, 0.3) is 10.9 Å². The highest BCUT2D eigenvalue weighted by molar-refractivity contribution is 7.15. The molecule has 0 spiro atoms. The maximum atomic E-state index is 4.40. The van der Waals surface area contributed by atoms with Crippen LogP contribution in [0.5, 0.6) is 0 Å². The largest absolute Gasteiger partial charge is 0.360 e. The molecular weight excluding hydrogens is 258 g/mol. The standard InChI is InChI=1S/C13H15N5S/c1-2-7-14-13-17-16-12(19-13)9-18-11-6-4-3-5-10(11)8-15-18/h3-6,8H,2,7,9H2,1H3,(H,14,17). The van der Waals surface area contributed by atoms with Gasteiger partial charge in [-0.15, -0.1) is 10.2 Å². The summed E-state index contributed by atoms with van der Waals surface area (Å²) in [6, 6.07) is 8.17. The first kappa shape index (κ1) is 12.1. The summed E-state index contributed by atoms with van der Waals surface area (Å²) in [4.78, 5) is 0. The molecule has 3 aromatic rings. The van der Waals surface area contributed by atoms with E-state index < -0.39 is 0 Å². The quantitative estimate of drug-likeness (QED) is 0.776. The van der Waals surface area contributed by atoms with Crippen molar-refractivity contribution in [3.8, 4) is 0 Å². The first-order valence-electron chi connectivity index (χ1n) is 6.33. The van der Waals surface area contributed by atoms with E-state index in [1.807, 2.05) is 23.0 Å². The van der Waals surface area contributed by atoms with Crippen molar-refractivity contribution >= 4 is 27.4 Å². The zero-order chi connectivity index (χ0) is 13.1. The highest BCUT2D eigenvalue weighted by Crippen LogP contribution is 2.18. The van der Waals surface area contributed by atoms with Crippen molar-refractivity contribution in [3.05, 3.63) is 35.5 Å². The number of benzene rings is 1. The van der Waals surface area contributed by atoms with Crippen LogP contribution in [0.1, 0.15) is 18.4 Å². The van der Waals surface area contributed by atoms with Gasteiger partial charge in [-0.3, -0.25) is 4.68 Å². The van der Waals surface area contributed by atoms with Crippen LogP contribution < -0.4 is 5.32 Å². The third kappa shape index (κ3) is 2.58. The highest BCUT2D eigenvalue weighted by Gasteiger charge is 2.07. The van der Waals surface area contributed by atoms with E-state index in [1.165, 1.54) is 0 Å². The topological polar surface area (TPSA) is 55.6 Å². The van der Waals surface area contributed by atoms with Crippen molar-refractivity contribution in [3.63, 3.8) is 0 Å². The molecule has 0 aliphatic carbocycles. The Labute approximate surface area is 115 Å². The number of hydrogen-bond acceptors (Lipinski definition) is 5. The Morgan fingerprint density at radius 2 is 2.16 bits per heavy atom. The number of para-hydroxylation sites is 1. The smallest absolute Gasteiger partial charge is 0.205 e. The van der Waals surface area contributed by atoms with Gasteiger partial charge in [0.2, 0.25) is 5.13 Å². The number of nitrogens with zero attached hydrogens (tertiary/aromatic N) is 4. The first-order valence-corrected chi connectivity index (χ1v) is 7.15. The highest BCUT2D eigenvalue weighted by atomic mass is 32.1. The molecule has 0 bridgehead atoms. The van der Waals surface area contributed by atoms with Gasteiger partial charge in [-0.05, 0) is 12.5 Å². The molecule has 1 aromatic carbocycles. The molecule has 0 radical (unpaired) electrons. The third-order valence-corrected chi connectivity index (χ3v) is 3.69. The summed E-state index contributed by atoms with van der Waals surface area (Å²) < 4.78 is 1.96. The van der Waals surface area contributed by atoms with Crippen LogP contribution in [0.15, 0.2) is 30.5 Å². The van der Waals surface area contributed by atoms with E-state index >= 15 is 0 Å². The zero-order valence-corrected chi connectivity index (χ0v) is 11.5. The van der Waals surface area contributed by atoms with Crippen LogP contribution in [0.4, 0.5) is 5.13 Å². The van der Waals surface area contributed by atoms with Crippen LogP contribution >= 0.6 is 11.3 Å². The Morgan fingerprint density at radius 1 is 1.26 bits per heavy atom. The van der Waals surface area contributed by atoms with E-state index in [0.29, 0.717) is 6.54 Å². The molecule has 0 aliphatic heterocycles. The lowest BCUT2D eigenvalue weighted by molar-refractivity contribution is 0.701. The predicted molar refractivity (Wildman–Crippen MR) is 77.5 cm³/mol. The van der Waals surface area contributed by atoms with Crippen LogP contribution in [-0.2, 0) is 6.54 Å². The molecule has 0 atom stereocenters. The van der Waals surface area contributed by atoms with Gasteiger partial charge in [-0.25, -0.2) is 0 Å². The van der Waals surface area contributed by atoms with Gasteiger partial charge in [-0.1, -0.05) is 36.5 Å². The van der Waals surface area contributed by atoms with Gasteiger partial charge < -0.3 is 5.32 Å². The fourth-order valence-corrected chi connectivity index (χ4v) is 2.65. The number of rotatable bonds is 5. The average molecular weight is 273 g/mol. The molecular formula is C13H15N5S. The van der Waals surface area contributed by atoms with E-state index in [9.17, 15) is 0 Å². The summed E-state index contributed by atoms with van der Waals surface area (Å²) in [6.07, 6.45) is 2.96. The molecule has 0 saturated carbocycles. The Bertz CT molecular complexity index is 672. The van der Waals surface area contributed by atoms with Gasteiger partial charge >= 0.3 is 0 Å². The minimum atomic E-state index is 0.666. The van der Waals surface area contributed by atoms with Gasteiger partial charge in [0.05, 0.1) is 18.3 Å². The minimum Gasteiger partial charge on any atom is -0.360 e. The summed E-state index contributed by atoms with van der Waals surface area (Å²) in [6.45, 7) is 3.73. The maximum absolute atomic E-state index is 4.40. The van der Waals surface area contributed by atoms with Gasteiger partial charge in [0.15, 0.2) is 0 Å². The number of hydrogen-bond donors (Lipinski definition) is 1. The number of anilines is 1. The van der Waals surface area contributed by atoms with Crippen molar-refractivity contribution in [1.82, 2.24) is 20.0 Å². The Kier molecular flexibility index (Phi) is 3.41. The molecule has 3 rings (SSSR count). The third-order valence-electron chi connectivity index (χ3n) is 2.83. The number of fused-ring (bicyclic) bond motifs is 1. The summed E-state index contributed by atoms with van der Waals surface area (Å²) in [7, 11) is 0. The minimum absolute atomic E-state index is 0.666. The van der Waals surface area contributed by atoms with E-state index in [0.717, 1.165) is 34.0 Å². The van der Waals surface area contributed by atoms with Crippen molar-refractivity contribution in [2.75, 3.05) is 11.9 Å². The normalized spacial score (nSPS) is 11.0. The van der Waals surface area contributed by atoms with E-state index in [-0.39, 0.29) is 0 Å². The summed E-state index contributed by atoms with van der Waals surface area (Å²) in [5.74, 6) is 0. The summed E-state index contributed by atoms with van der Waals surface area (Å²) in [5, 5.41) is 19.0. The second-order valence-electron chi connectivity index (χ2n) is 4.29. The monoisotopic (exact) mass is 273 g/mol. The number of nitrogens with one attached hydrogen (secondary N) is 1. The van der Waals surface area contributed by atoms with Crippen LogP contribution in [0, 0.1) is 0 Å². The Morgan fingerprint density at radius 3 is 3.05 bits per heavy atom. The van der Waals surface area contributed by atoms with Gasteiger partial charge in [-0.2, -0.15) is 5.10 Å². The van der Waals surface area contributed by atoms with Crippen LogP contribution in [0.2, 0.25) is 0 Å². The van der Waals surface area contributed by atoms with E-state index in [4.69, 9.17) is 0 Å². The van der Waals surface area contributed by atoms with Gasteiger partial charge in [0, 0.05) is 11.9 Å². The molecule has 19 heavy (non-hydrogen) atoms. The molecule has 0 aliphatic rings. The number of aromatic nitrogens is 4. The van der Waals surface area contributed by atoms with Crippen molar-refractivity contribution in [2.45, 2.75) is 19.9 Å². The van der Waals surface area contributed by atoms with E-state index in [1.54, 1.807) is 11.3 Å². The average Bonchev–Trinajstić information content (AvgIpc) is 3.05. The van der Waals surface area contributed by atoms with Gasteiger partial charge in [0.1, 0.15) is 5.01 Å². The second-order valence-corrected chi connectivity index (χ2v) is 5.35. The van der Waals surface area contributed by atoms with E-state index in [2.05, 4.69) is 39.7 Å². The fraction of sp³-hybridized carbons (Fsp3) is 0.308. The van der Waals surface area contributed by atoms with Crippen LogP contribution in [-0.4, -0.2) is 26.5 Å². The van der Waals surface area contributed by atoms with Crippen molar-refractivity contribution < 1.29 is 0 Å². The molecule has 0 saturated heterocycles. The molecule has 5 nitrogen and oxygen atoms in total. The van der Waals surface area contributed by atoms with Crippen LogP contribution in [0.3, 0.4) is 0 Å². The zero-order valence-electron chi connectivity index (χ0n) is 10.7. The summed E-state index contributed by atoms with van der Waals surface area (Å²) >= 11 is 1.59. The molecule has 0 unspecified atom stereocenters. The Hall–Kier alpha value is -1.95. The molecule has 98 valence electrons. The first-order chi connectivity index (χ1) is 9.36. The fourth-order valence-electron chi connectivity index (χ4n) is 1.90. The molecule has 0 fully saturated rings. The molecule has 2 aromatic heterocycles. The summed E-state index contributed by atoms with van der Waals surface area (Å²) in [5.41, 5.74) is 1.13. The lowest BCUT2D eigenvalue weighted by Gasteiger charge is -1.99. The van der Waals surface area contributed by atoms with Crippen molar-refractivity contribution in [1.29, 1.82) is 0 Å². The predicted octanol–water partition coefficient (Wildman–Crippen LogP) is 2.76.